The molecule has 1 nitrogen and oxygen atoms in total. The third kappa shape index (κ3) is 3.82. The van der Waals surface area contributed by atoms with Crippen LogP contribution >= 0.6 is 11.6 Å². The van der Waals surface area contributed by atoms with Crippen LogP contribution in [-0.2, 0) is 6.54 Å². The molecule has 1 N–H and O–H groups in total. The molecule has 0 saturated heterocycles. The molecule has 0 aromatic heterocycles. The normalized spacial score (nSPS) is 11.0. The van der Waals surface area contributed by atoms with Gasteiger partial charge in [0, 0.05) is 17.6 Å². The van der Waals surface area contributed by atoms with E-state index in [1.54, 1.807) is 0 Å². The van der Waals surface area contributed by atoms with Crippen LogP contribution in [0.25, 0.3) is 11.1 Å². The van der Waals surface area contributed by atoms with Crippen molar-refractivity contribution < 1.29 is 0 Å². The average molecular weight is 274 g/mol. The molecule has 0 atom stereocenters. The first kappa shape index (κ1) is 14.1. The third-order valence-electron chi connectivity index (χ3n) is 3.14. The molecule has 2 aromatic carbocycles. The molecular formula is C17H20ClN. The highest BCUT2D eigenvalue weighted by Gasteiger charge is 2.04. The van der Waals surface area contributed by atoms with E-state index in [0.717, 1.165) is 17.1 Å². The summed E-state index contributed by atoms with van der Waals surface area (Å²) in [7, 11) is 0. The van der Waals surface area contributed by atoms with Gasteiger partial charge in [0.1, 0.15) is 0 Å². The quantitative estimate of drug-likeness (QED) is 0.843. The lowest BCUT2D eigenvalue weighted by molar-refractivity contribution is 0.589. The van der Waals surface area contributed by atoms with Gasteiger partial charge in [-0.05, 0) is 29.7 Å². The van der Waals surface area contributed by atoms with Crippen molar-refractivity contribution in [2.75, 3.05) is 0 Å². The van der Waals surface area contributed by atoms with E-state index < -0.39 is 0 Å². The molecule has 2 aromatic rings. The Kier molecular flexibility index (Phi) is 4.62. The standard InChI is InChI=1S/C17H20ClN/c1-12(2)19-11-16-9-8-15(10-17(16)18)14-6-4-13(3)5-7-14/h4-10,12,19H,11H2,1-3H3. The Hall–Kier alpha value is -1.31. The molecule has 0 aliphatic rings. The number of halogens is 1. The summed E-state index contributed by atoms with van der Waals surface area (Å²) in [5.41, 5.74) is 4.79. The van der Waals surface area contributed by atoms with Gasteiger partial charge < -0.3 is 5.32 Å². The molecule has 19 heavy (non-hydrogen) atoms. The van der Waals surface area contributed by atoms with Gasteiger partial charge in [-0.1, -0.05) is 67.4 Å². The van der Waals surface area contributed by atoms with E-state index in [0.29, 0.717) is 6.04 Å². The molecule has 100 valence electrons. The van der Waals surface area contributed by atoms with Gasteiger partial charge in [-0.3, -0.25) is 0 Å². The topological polar surface area (TPSA) is 12.0 Å². The summed E-state index contributed by atoms with van der Waals surface area (Å²) in [6.07, 6.45) is 0. The molecule has 2 heteroatoms. The highest BCUT2D eigenvalue weighted by molar-refractivity contribution is 6.31. The second-order valence-electron chi connectivity index (χ2n) is 5.21. The molecule has 2 rings (SSSR count). The van der Waals surface area contributed by atoms with Crippen LogP contribution in [0.3, 0.4) is 0 Å². The van der Waals surface area contributed by atoms with E-state index in [9.17, 15) is 0 Å². The number of nitrogens with one attached hydrogen (secondary N) is 1. The molecular weight excluding hydrogens is 254 g/mol. The van der Waals surface area contributed by atoms with Gasteiger partial charge in [0.2, 0.25) is 0 Å². The number of hydrogen-bond donors (Lipinski definition) is 1. The summed E-state index contributed by atoms with van der Waals surface area (Å²) in [5, 5.41) is 4.21. The van der Waals surface area contributed by atoms with Crippen molar-refractivity contribution in [3.63, 3.8) is 0 Å². The minimum atomic E-state index is 0.466. The van der Waals surface area contributed by atoms with Gasteiger partial charge >= 0.3 is 0 Å². The van der Waals surface area contributed by atoms with Crippen LogP contribution in [0, 0.1) is 6.92 Å². The van der Waals surface area contributed by atoms with Crippen molar-refractivity contribution >= 4 is 11.6 Å². The Balaban J connectivity index is 2.21. The van der Waals surface area contributed by atoms with Crippen molar-refractivity contribution in [2.24, 2.45) is 0 Å². The Bertz CT molecular complexity index is 544. The Morgan fingerprint density at radius 2 is 1.63 bits per heavy atom. The van der Waals surface area contributed by atoms with Gasteiger partial charge in [0.15, 0.2) is 0 Å². The Labute approximate surface area is 120 Å². The van der Waals surface area contributed by atoms with E-state index >= 15 is 0 Å². The monoisotopic (exact) mass is 273 g/mol. The first-order chi connectivity index (χ1) is 9.06. The fraction of sp³-hybridized carbons (Fsp3) is 0.294. The minimum Gasteiger partial charge on any atom is -0.310 e. The SMILES string of the molecule is Cc1ccc(-c2ccc(CNC(C)C)c(Cl)c2)cc1. The molecule has 0 unspecified atom stereocenters. The van der Waals surface area contributed by atoms with E-state index in [1.165, 1.54) is 16.7 Å². The fourth-order valence-electron chi connectivity index (χ4n) is 1.93. The molecule has 0 radical (unpaired) electrons. The zero-order valence-electron chi connectivity index (χ0n) is 11.7. The number of rotatable bonds is 4. The largest absolute Gasteiger partial charge is 0.310 e. The zero-order valence-corrected chi connectivity index (χ0v) is 12.5. The summed E-state index contributed by atoms with van der Waals surface area (Å²) < 4.78 is 0. The third-order valence-corrected chi connectivity index (χ3v) is 3.49. The van der Waals surface area contributed by atoms with Crippen LogP contribution in [0.4, 0.5) is 0 Å². The van der Waals surface area contributed by atoms with Crippen LogP contribution in [0.15, 0.2) is 42.5 Å². The Morgan fingerprint density at radius 1 is 1.00 bits per heavy atom. The van der Waals surface area contributed by atoms with Crippen LogP contribution in [0.2, 0.25) is 5.02 Å². The fourth-order valence-corrected chi connectivity index (χ4v) is 2.18. The lowest BCUT2D eigenvalue weighted by atomic mass is 10.0. The smallest absolute Gasteiger partial charge is 0.0457 e. The van der Waals surface area contributed by atoms with Crippen LogP contribution in [0.5, 0.6) is 0 Å². The summed E-state index contributed by atoms with van der Waals surface area (Å²) in [5.74, 6) is 0. The first-order valence-electron chi connectivity index (χ1n) is 6.65. The molecule has 0 saturated carbocycles. The molecule has 0 amide bonds. The molecule has 0 heterocycles. The number of hydrogen-bond acceptors (Lipinski definition) is 1. The van der Waals surface area contributed by atoms with Crippen LogP contribution < -0.4 is 5.32 Å². The van der Waals surface area contributed by atoms with E-state index in [2.05, 4.69) is 62.5 Å². The highest BCUT2D eigenvalue weighted by Crippen LogP contribution is 2.26. The summed E-state index contributed by atoms with van der Waals surface area (Å²) in [4.78, 5) is 0. The van der Waals surface area contributed by atoms with E-state index in [-0.39, 0.29) is 0 Å². The van der Waals surface area contributed by atoms with Crippen molar-refractivity contribution in [1.29, 1.82) is 0 Å². The van der Waals surface area contributed by atoms with Crippen molar-refractivity contribution in [3.05, 3.63) is 58.6 Å². The van der Waals surface area contributed by atoms with E-state index in [4.69, 9.17) is 11.6 Å². The maximum Gasteiger partial charge on any atom is 0.0457 e. The number of benzene rings is 2. The number of aryl methyl sites for hydroxylation is 1. The lowest BCUT2D eigenvalue weighted by Crippen LogP contribution is -2.21. The zero-order chi connectivity index (χ0) is 13.8. The lowest BCUT2D eigenvalue weighted by Gasteiger charge is -2.11. The molecule has 0 aliphatic heterocycles. The Morgan fingerprint density at radius 3 is 2.21 bits per heavy atom. The maximum absolute atomic E-state index is 6.35. The van der Waals surface area contributed by atoms with Crippen molar-refractivity contribution in [2.45, 2.75) is 33.4 Å². The maximum atomic E-state index is 6.35. The van der Waals surface area contributed by atoms with Crippen LogP contribution in [-0.4, -0.2) is 6.04 Å². The van der Waals surface area contributed by atoms with Gasteiger partial charge in [-0.2, -0.15) is 0 Å². The van der Waals surface area contributed by atoms with Crippen LogP contribution in [0.1, 0.15) is 25.0 Å². The predicted molar refractivity (Wildman–Crippen MR) is 83.6 cm³/mol. The van der Waals surface area contributed by atoms with Crippen molar-refractivity contribution in [3.8, 4) is 11.1 Å². The summed E-state index contributed by atoms with van der Waals surface area (Å²) in [6, 6.07) is 15.3. The van der Waals surface area contributed by atoms with Gasteiger partial charge in [-0.15, -0.1) is 0 Å². The molecule has 0 fully saturated rings. The summed E-state index contributed by atoms with van der Waals surface area (Å²) >= 11 is 6.35. The molecule has 0 aliphatic carbocycles. The minimum absolute atomic E-state index is 0.466. The predicted octanol–water partition coefficient (Wildman–Crippen LogP) is 4.81. The van der Waals surface area contributed by atoms with Crippen molar-refractivity contribution in [1.82, 2.24) is 5.32 Å². The van der Waals surface area contributed by atoms with E-state index in [1.807, 2.05) is 6.07 Å². The first-order valence-corrected chi connectivity index (χ1v) is 7.03. The van der Waals surface area contributed by atoms with Gasteiger partial charge in [-0.25, -0.2) is 0 Å². The summed E-state index contributed by atoms with van der Waals surface area (Å²) in [6.45, 7) is 7.17. The second kappa shape index (κ2) is 6.23. The molecule has 0 bridgehead atoms. The molecule has 0 spiro atoms. The highest BCUT2D eigenvalue weighted by atomic mass is 35.5. The average Bonchev–Trinajstić information content (AvgIpc) is 2.38. The van der Waals surface area contributed by atoms with Gasteiger partial charge in [0.25, 0.3) is 0 Å². The second-order valence-corrected chi connectivity index (χ2v) is 5.62. The van der Waals surface area contributed by atoms with Gasteiger partial charge in [0.05, 0.1) is 0 Å².